The van der Waals surface area contributed by atoms with Gasteiger partial charge in [0, 0.05) is 12.1 Å². The van der Waals surface area contributed by atoms with Gasteiger partial charge in [-0.1, -0.05) is 62.7 Å². The van der Waals surface area contributed by atoms with Crippen LogP contribution in [0.3, 0.4) is 0 Å². The minimum absolute atomic E-state index is 0.106. The third-order valence-corrected chi connectivity index (χ3v) is 7.20. The van der Waals surface area contributed by atoms with E-state index in [2.05, 4.69) is 11.9 Å². The fraction of sp³-hybridized carbons (Fsp3) is 0.321. The molecule has 0 spiro atoms. The molecule has 0 fully saturated rings. The summed E-state index contributed by atoms with van der Waals surface area (Å²) in [5.74, 6) is -0.625. The van der Waals surface area contributed by atoms with E-state index in [0.717, 1.165) is 34.7 Å². The van der Waals surface area contributed by atoms with Gasteiger partial charge < -0.3 is 14.7 Å². The Morgan fingerprint density at radius 3 is 2.46 bits per heavy atom. The number of ketones is 1. The standard InChI is InChI=1S/C28H30N2O4S/c1-4-6-17-34-21-14-12-19(13-15-21)23-22(25(32)28(33)30(23)16-5-2)24(31)26-18(3)29-27(35-26)20-10-8-7-9-11-20/h7-15,23,32H,4-6,16-17H2,1-3H3. The van der Waals surface area contributed by atoms with E-state index in [1.165, 1.54) is 11.3 Å². The number of carbonyl (C=O) groups is 2. The van der Waals surface area contributed by atoms with Crippen LogP contribution in [-0.4, -0.2) is 39.8 Å². The maximum absolute atomic E-state index is 13.8. The number of Topliss-reactive ketones (excluding diaryl/α,β-unsaturated/α-hetero) is 1. The predicted octanol–water partition coefficient (Wildman–Crippen LogP) is 6.29. The van der Waals surface area contributed by atoms with Gasteiger partial charge in [0.1, 0.15) is 10.8 Å². The number of benzene rings is 2. The molecule has 0 saturated heterocycles. The molecule has 7 heteroatoms. The molecular formula is C28H30N2O4S. The Morgan fingerprint density at radius 1 is 1.09 bits per heavy atom. The number of hydrogen-bond acceptors (Lipinski definition) is 6. The molecular weight excluding hydrogens is 460 g/mol. The Morgan fingerprint density at radius 2 is 1.80 bits per heavy atom. The quantitative estimate of drug-likeness (QED) is 0.267. The van der Waals surface area contributed by atoms with Crippen molar-refractivity contribution in [3.05, 3.63) is 82.1 Å². The van der Waals surface area contributed by atoms with Crippen LogP contribution in [0.4, 0.5) is 0 Å². The summed E-state index contributed by atoms with van der Waals surface area (Å²) in [5.41, 5.74) is 2.36. The second-order valence-electron chi connectivity index (χ2n) is 8.56. The maximum atomic E-state index is 13.8. The van der Waals surface area contributed by atoms with Crippen LogP contribution >= 0.6 is 11.3 Å². The Balaban J connectivity index is 1.70. The van der Waals surface area contributed by atoms with Gasteiger partial charge in [0.05, 0.1) is 28.8 Å². The molecule has 0 saturated carbocycles. The molecule has 6 nitrogen and oxygen atoms in total. The summed E-state index contributed by atoms with van der Waals surface area (Å²) >= 11 is 1.28. The van der Waals surface area contributed by atoms with E-state index >= 15 is 0 Å². The molecule has 1 aromatic heterocycles. The first kappa shape index (κ1) is 24.7. The zero-order chi connectivity index (χ0) is 24.9. The number of rotatable bonds is 10. The van der Waals surface area contributed by atoms with Crippen LogP contribution in [-0.2, 0) is 4.79 Å². The van der Waals surface area contributed by atoms with Gasteiger partial charge in [-0.2, -0.15) is 0 Å². The Bertz CT molecular complexity index is 1230. The predicted molar refractivity (Wildman–Crippen MR) is 138 cm³/mol. The number of hydrogen-bond donors (Lipinski definition) is 1. The van der Waals surface area contributed by atoms with Gasteiger partial charge in [-0.05, 0) is 37.5 Å². The fourth-order valence-corrected chi connectivity index (χ4v) is 5.24. The molecule has 0 aliphatic carbocycles. The molecule has 1 unspecified atom stereocenters. The Hall–Kier alpha value is -3.45. The summed E-state index contributed by atoms with van der Waals surface area (Å²) in [6.07, 6.45) is 2.72. The number of aryl methyl sites for hydroxylation is 1. The van der Waals surface area contributed by atoms with Crippen molar-refractivity contribution in [2.45, 2.75) is 46.1 Å². The van der Waals surface area contributed by atoms with Crippen molar-refractivity contribution >= 4 is 23.0 Å². The van der Waals surface area contributed by atoms with E-state index in [0.29, 0.717) is 30.1 Å². The molecule has 4 rings (SSSR count). The van der Waals surface area contributed by atoms with Gasteiger partial charge in [0.25, 0.3) is 5.91 Å². The summed E-state index contributed by atoms with van der Waals surface area (Å²) in [6, 6.07) is 16.4. The van der Waals surface area contributed by atoms with Gasteiger partial charge in [-0.3, -0.25) is 9.59 Å². The minimum Gasteiger partial charge on any atom is -0.503 e. The molecule has 0 radical (unpaired) electrons. The number of unbranched alkanes of at least 4 members (excludes halogenated alkanes) is 1. The molecule has 1 amide bonds. The summed E-state index contributed by atoms with van der Waals surface area (Å²) < 4.78 is 5.77. The Labute approximate surface area is 209 Å². The van der Waals surface area contributed by atoms with Crippen molar-refractivity contribution in [1.82, 2.24) is 9.88 Å². The third kappa shape index (κ3) is 5.00. The molecule has 0 bridgehead atoms. The maximum Gasteiger partial charge on any atom is 0.290 e. The average Bonchev–Trinajstić information content (AvgIpc) is 3.38. The normalized spacial score (nSPS) is 15.7. The van der Waals surface area contributed by atoms with E-state index in [9.17, 15) is 14.7 Å². The van der Waals surface area contributed by atoms with Gasteiger partial charge in [-0.15, -0.1) is 11.3 Å². The first-order valence-corrected chi connectivity index (χ1v) is 12.8. The highest BCUT2D eigenvalue weighted by Gasteiger charge is 2.44. The number of carbonyl (C=O) groups excluding carboxylic acids is 2. The van der Waals surface area contributed by atoms with E-state index in [1.807, 2.05) is 61.5 Å². The fourth-order valence-electron chi connectivity index (χ4n) is 4.22. The molecule has 2 aromatic carbocycles. The molecule has 35 heavy (non-hydrogen) atoms. The van der Waals surface area contributed by atoms with Crippen molar-refractivity contribution in [2.75, 3.05) is 13.2 Å². The van der Waals surface area contributed by atoms with Crippen molar-refractivity contribution in [3.63, 3.8) is 0 Å². The molecule has 3 aromatic rings. The van der Waals surface area contributed by atoms with E-state index < -0.39 is 17.7 Å². The third-order valence-electron chi connectivity index (χ3n) is 6.00. The van der Waals surface area contributed by atoms with Crippen LogP contribution in [0.25, 0.3) is 10.6 Å². The minimum atomic E-state index is -0.665. The van der Waals surface area contributed by atoms with E-state index in [-0.39, 0.29) is 11.4 Å². The molecule has 1 N–H and O–H groups in total. The van der Waals surface area contributed by atoms with Crippen molar-refractivity contribution in [3.8, 4) is 16.3 Å². The summed E-state index contributed by atoms with van der Waals surface area (Å²) in [6.45, 7) is 6.92. The lowest BCUT2D eigenvalue weighted by Crippen LogP contribution is -2.31. The van der Waals surface area contributed by atoms with Crippen LogP contribution in [0.5, 0.6) is 5.75 Å². The number of ether oxygens (including phenoxy) is 1. The monoisotopic (exact) mass is 490 g/mol. The highest BCUT2D eigenvalue weighted by Crippen LogP contribution is 2.41. The van der Waals surface area contributed by atoms with Crippen molar-refractivity contribution in [2.24, 2.45) is 0 Å². The van der Waals surface area contributed by atoms with Crippen molar-refractivity contribution < 1.29 is 19.4 Å². The second kappa shape index (κ2) is 10.9. The van der Waals surface area contributed by atoms with Gasteiger partial charge in [0.2, 0.25) is 5.78 Å². The zero-order valence-electron chi connectivity index (χ0n) is 20.3. The number of aliphatic hydroxyl groups excluding tert-OH is 1. The number of aliphatic hydroxyl groups is 1. The SMILES string of the molecule is CCCCOc1ccc(C2C(C(=O)c3sc(-c4ccccc4)nc3C)=C(O)C(=O)N2CCC)cc1. The first-order chi connectivity index (χ1) is 17.0. The number of amides is 1. The van der Waals surface area contributed by atoms with Crippen LogP contribution in [0, 0.1) is 6.92 Å². The lowest BCUT2D eigenvalue weighted by Gasteiger charge is -2.26. The smallest absolute Gasteiger partial charge is 0.290 e. The number of thiazole rings is 1. The van der Waals surface area contributed by atoms with Gasteiger partial charge in [0.15, 0.2) is 5.76 Å². The molecule has 1 aliphatic heterocycles. The summed E-state index contributed by atoms with van der Waals surface area (Å²) in [4.78, 5) is 33.4. The number of nitrogens with zero attached hydrogens (tertiary/aromatic N) is 2. The average molecular weight is 491 g/mol. The lowest BCUT2D eigenvalue weighted by molar-refractivity contribution is -0.129. The van der Waals surface area contributed by atoms with Crippen LogP contribution < -0.4 is 4.74 Å². The molecule has 1 aliphatic rings. The Kier molecular flexibility index (Phi) is 7.66. The lowest BCUT2D eigenvalue weighted by atomic mass is 9.95. The zero-order valence-corrected chi connectivity index (χ0v) is 21.1. The van der Waals surface area contributed by atoms with Crippen LogP contribution in [0.1, 0.15) is 60.1 Å². The molecule has 2 heterocycles. The molecule has 182 valence electrons. The highest BCUT2D eigenvalue weighted by atomic mass is 32.1. The summed E-state index contributed by atoms with van der Waals surface area (Å²) in [7, 11) is 0. The van der Waals surface area contributed by atoms with Crippen molar-refractivity contribution in [1.29, 1.82) is 0 Å². The van der Waals surface area contributed by atoms with E-state index in [4.69, 9.17) is 4.74 Å². The van der Waals surface area contributed by atoms with Crippen LogP contribution in [0.2, 0.25) is 0 Å². The van der Waals surface area contributed by atoms with Crippen LogP contribution in [0.15, 0.2) is 65.9 Å². The highest BCUT2D eigenvalue weighted by molar-refractivity contribution is 7.17. The van der Waals surface area contributed by atoms with Gasteiger partial charge >= 0.3 is 0 Å². The largest absolute Gasteiger partial charge is 0.503 e. The topological polar surface area (TPSA) is 79.7 Å². The second-order valence-corrected chi connectivity index (χ2v) is 9.56. The van der Waals surface area contributed by atoms with Gasteiger partial charge in [-0.25, -0.2) is 4.98 Å². The molecule has 1 atom stereocenters. The summed E-state index contributed by atoms with van der Waals surface area (Å²) in [5, 5.41) is 11.6. The van der Waals surface area contributed by atoms with E-state index in [1.54, 1.807) is 11.8 Å². The first-order valence-electron chi connectivity index (χ1n) is 12.0. The number of aromatic nitrogens is 1.